The van der Waals surface area contributed by atoms with Crippen LogP contribution < -0.4 is 0 Å². The monoisotopic (exact) mass is 528 g/mol. The lowest BCUT2D eigenvalue weighted by Gasteiger charge is -2.45. The first-order valence-corrected chi connectivity index (χ1v) is 14.9. The zero-order valence-electron chi connectivity index (χ0n) is 24.4. The summed E-state index contributed by atoms with van der Waals surface area (Å²) in [6.45, 7) is 12.4. The van der Waals surface area contributed by atoms with Crippen molar-refractivity contribution >= 4 is 17.9 Å². The van der Waals surface area contributed by atoms with Gasteiger partial charge in [-0.1, -0.05) is 119 Å². The average molecular weight is 529 g/mol. The summed E-state index contributed by atoms with van der Waals surface area (Å²) < 4.78 is 0. The van der Waals surface area contributed by atoms with Gasteiger partial charge in [-0.15, -0.1) is 0 Å². The van der Waals surface area contributed by atoms with Crippen molar-refractivity contribution in [2.24, 2.45) is 29.1 Å². The van der Waals surface area contributed by atoms with E-state index in [4.69, 9.17) is 0 Å². The van der Waals surface area contributed by atoms with Crippen molar-refractivity contribution in [1.82, 2.24) is 0 Å². The van der Waals surface area contributed by atoms with Crippen LogP contribution in [-0.4, -0.2) is 43.9 Å². The molecule has 0 fully saturated rings. The predicted molar refractivity (Wildman–Crippen MR) is 148 cm³/mol. The van der Waals surface area contributed by atoms with Crippen LogP contribution in [0, 0.1) is 29.1 Å². The van der Waals surface area contributed by atoms with Crippen LogP contribution in [0.1, 0.15) is 138 Å². The van der Waals surface area contributed by atoms with E-state index in [0.29, 0.717) is 37.0 Å². The van der Waals surface area contributed by atoms with E-state index >= 15 is 0 Å². The molecule has 7 heteroatoms. The van der Waals surface area contributed by atoms with Gasteiger partial charge in [0.1, 0.15) is 5.41 Å². The first kappa shape index (κ1) is 35.4. The van der Waals surface area contributed by atoms with E-state index in [1.165, 1.54) is 0 Å². The Morgan fingerprint density at radius 3 is 1.19 bits per heavy atom. The molecule has 0 aromatic rings. The minimum absolute atomic E-state index is 0.0547. The standard InChI is InChI=1S/C30H56O7/c1-7-22(8-2)16-13-19-25(26(31)32)30(37,28(35)36)29(27(33)34,20-14-17-23(9-3)10-4)21-15-18-24(11-5)12-6/h22-25,37H,7-21H2,1-6H3,(H,31,32)(H,33,34)(H,35,36). The van der Waals surface area contributed by atoms with Gasteiger partial charge >= 0.3 is 17.9 Å². The average Bonchev–Trinajstić information content (AvgIpc) is 2.87. The predicted octanol–water partition coefficient (Wildman–Crippen LogP) is 7.39. The Kier molecular flexibility index (Phi) is 17.0. The third-order valence-corrected chi connectivity index (χ3v) is 9.27. The maximum absolute atomic E-state index is 13.0. The summed E-state index contributed by atoms with van der Waals surface area (Å²) in [5.74, 6) is -5.14. The topological polar surface area (TPSA) is 132 Å². The van der Waals surface area contributed by atoms with E-state index < -0.39 is 34.8 Å². The van der Waals surface area contributed by atoms with Crippen LogP contribution >= 0.6 is 0 Å². The zero-order valence-corrected chi connectivity index (χ0v) is 24.4. The summed E-state index contributed by atoms with van der Waals surface area (Å²) in [5.41, 5.74) is -4.98. The van der Waals surface area contributed by atoms with Crippen LogP contribution in [0.3, 0.4) is 0 Å². The van der Waals surface area contributed by atoms with Crippen LogP contribution in [0.2, 0.25) is 0 Å². The van der Waals surface area contributed by atoms with Crippen LogP contribution in [0.4, 0.5) is 0 Å². The smallest absolute Gasteiger partial charge is 0.337 e. The fraction of sp³-hybridized carbons (Fsp3) is 0.900. The first-order valence-electron chi connectivity index (χ1n) is 14.9. The van der Waals surface area contributed by atoms with Crippen molar-refractivity contribution in [2.75, 3.05) is 0 Å². The van der Waals surface area contributed by atoms with E-state index in [0.717, 1.165) is 57.8 Å². The van der Waals surface area contributed by atoms with Gasteiger partial charge in [0.25, 0.3) is 0 Å². The highest BCUT2D eigenvalue weighted by Gasteiger charge is 2.65. The maximum atomic E-state index is 13.0. The van der Waals surface area contributed by atoms with Crippen molar-refractivity contribution in [3.05, 3.63) is 0 Å². The van der Waals surface area contributed by atoms with E-state index in [2.05, 4.69) is 41.5 Å². The normalized spacial score (nSPS) is 14.8. The number of carboxylic acid groups (broad SMARTS) is 3. The van der Waals surface area contributed by atoms with Crippen LogP contribution in [0.15, 0.2) is 0 Å². The minimum atomic E-state index is -2.90. The highest BCUT2D eigenvalue weighted by molar-refractivity contribution is 5.93. The number of carbonyl (C=O) groups is 3. The zero-order chi connectivity index (χ0) is 28.6. The molecule has 0 aliphatic rings. The van der Waals surface area contributed by atoms with E-state index in [-0.39, 0.29) is 19.3 Å². The molecule has 37 heavy (non-hydrogen) atoms. The Morgan fingerprint density at radius 1 is 0.568 bits per heavy atom. The summed E-state index contributed by atoms with van der Waals surface area (Å²) in [4.78, 5) is 38.2. The molecular weight excluding hydrogens is 472 g/mol. The number of hydrogen-bond donors (Lipinski definition) is 4. The summed E-state index contributed by atoms with van der Waals surface area (Å²) in [6.07, 6.45) is 8.86. The highest BCUT2D eigenvalue weighted by Crippen LogP contribution is 2.48. The summed E-state index contributed by atoms with van der Waals surface area (Å²) in [5, 5.41) is 43.0. The van der Waals surface area contributed by atoms with Gasteiger partial charge in [0, 0.05) is 0 Å². The number of hydrogen-bond acceptors (Lipinski definition) is 4. The van der Waals surface area contributed by atoms with Gasteiger partial charge in [0.15, 0.2) is 5.60 Å². The number of rotatable bonds is 23. The lowest BCUT2D eigenvalue weighted by Crippen LogP contribution is -2.64. The quantitative estimate of drug-likeness (QED) is 0.109. The van der Waals surface area contributed by atoms with Crippen molar-refractivity contribution < 1.29 is 34.8 Å². The molecule has 0 bridgehead atoms. The molecule has 4 N–H and O–H groups in total. The molecule has 0 saturated heterocycles. The van der Waals surface area contributed by atoms with Gasteiger partial charge in [-0.25, -0.2) is 4.79 Å². The molecule has 0 aromatic heterocycles. The Balaban J connectivity index is 6.45. The van der Waals surface area contributed by atoms with Gasteiger partial charge in [-0.2, -0.15) is 0 Å². The molecule has 0 saturated carbocycles. The molecule has 0 spiro atoms. The van der Waals surface area contributed by atoms with Gasteiger partial charge in [0.2, 0.25) is 0 Å². The molecule has 218 valence electrons. The Morgan fingerprint density at radius 2 is 0.919 bits per heavy atom. The molecule has 0 heterocycles. The summed E-state index contributed by atoms with van der Waals surface area (Å²) in [7, 11) is 0. The van der Waals surface area contributed by atoms with Gasteiger partial charge in [-0.05, 0) is 37.0 Å². The molecule has 7 nitrogen and oxygen atoms in total. The van der Waals surface area contributed by atoms with Gasteiger partial charge < -0.3 is 20.4 Å². The van der Waals surface area contributed by atoms with Gasteiger partial charge in [0.05, 0.1) is 5.92 Å². The van der Waals surface area contributed by atoms with Crippen molar-refractivity contribution in [1.29, 1.82) is 0 Å². The van der Waals surface area contributed by atoms with Crippen LogP contribution in [0.5, 0.6) is 0 Å². The molecule has 0 aliphatic heterocycles. The molecular formula is C30H56O7. The van der Waals surface area contributed by atoms with E-state index in [9.17, 15) is 34.8 Å². The first-order chi connectivity index (χ1) is 17.4. The fourth-order valence-corrected chi connectivity index (χ4v) is 6.17. The Bertz CT molecular complexity index is 647. The lowest BCUT2D eigenvalue weighted by atomic mass is 9.59. The Labute approximate surface area is 225 Å². The van der Waals surface area contributed by atoms with E-state index in [1.54, 1.807) is 0 Å². The number of aliphatic hydroxyl groups is 1. The van der Waals surface area contributed by atoms with Gasteiger partial charge in [-0.3, -0.25) is 9.59 Å². The van der Waals surface area contributed by atoms with Crippen molar-refractivity contribution in [3.63, 3.8) is 0 Å². The summed E-state index contributed by atoms with van der Waals surface area (Å²) in [6, 6.07) is 0. The third-order valence-electron chi connectivity index (χ3n) is 9.27. The second-order valence-corrected chi connectivity index (χ2v) is 11.1. The third kappa shape index (κ3) is 9.56. The Hall–Kier alpha value is -1.63. The molecule has 0 rings (SSSR count). The SMILES string of the molecule is CCC(CC)CCCC(C(=O)O)C(O)(C(=O)O)C(CCCC(CC)CC)(CCCC(CC)CC)C(=O)O. The molecule has 0 aromatic carbocycles. The summed E-state index contributed by atoms with van der Waals surface area (Å²) >= 11 is 0. The minimum Gasteiger partial charge on any atom is -0.481 e. The van der Waals surface area contributed by atoms with E-state index in [1.807, 2.05) is 0 Å². The second-order valence-electron chi connectivity index (χ2n) is 11.1. The maximum Gasteiger partial charge on any atom is 0.337 e. The molecule has 0 radical (unpaired) electrons. The van der Waals surface area contributed by atoms with Crippen molar-refractivity contribution in [3.8, 4) is 0 Å². The second kappa shape index (κ2) is 17.8. The molecule has 2 atom stereocenters. The van der Waals surface area contributed by atoms with Crippen molar-refractivity contribution in [2.45, 2.75) is 143 Å². The largest absolute Gasteiger partial charge is 0.481 e. The highest BCUT2D eigenvalue weighted by atomic mass is 16.4. The van der Waals surface area contributed by atoms with Crippen LogP contribution in [-0.2, 0) is 14.4 Å². The molecule has 0 aliphatic carbocycles. The molecule has 0 amide bonds. The number of aliphatic carboxylic acids is 3. The molecule has 2 unspecified atom stereocenters. The lowest BCUT2D eigenvalue weighted by molar-refractivity contribution is -0.208. The fourth-order valence-electron chi connectivity index (χ4n) is 6.17. The number of carboxylic acids is 3. The van der Waals surface area contributed by atoms with Crippen LogP contribution in [0.25, 0.3) is 0 Å².